The first-order chi connectivity index (χ1) is 13.3. The monoisotopic (exact) mass is 387 g/mol. The molecule has 1 saturated heterocycles. The predicted octanol–water partition coefficient (Wildman–Crippen LogP) is 4.47. The third-order valence-corrected chi connectivity index (χ3v) is 7.36. The Hall–Kier alpha value is -1.39. The van der Waals surface area contributed by atoms with Gasteiger partial charge in [0, 0.05) is 25.5 Å². The number of benzene rings is 1. The van der Waals surface area contributed by atoms with Gasteiger partial charge in [0.05, 0.1) is 0 Å². The number of nitrogens with zero attached hydrogens (tertiary/aromatic N) is 1. The van der Waals surface area contributed by atoms with Crippen LogP contribution >= 0.6 is 0 Å². The number of likely N-dealkylation sites (tertiary alicyclic amines) is 1. The van der Waals surface area contributed by atoms with E-state index in [9.17, 15) is 9.90 Å². The smallest absolute Gasteiger partial charge is 0.228 e. The maximum Gasteiger partial charge on any atom is 0.228 e. The van der Waals surface area contributed by atoms with Gasteiger partial charge in [-0.2, -0.15) is 0 Å². The molecule has 6 atom stereocenters. The number of hydrogen-bond acceptors (Lipinski definition) is 3. The summed E-state index contributed by atoms with van der Waals surface area (Å²) in [6, 6.07) is 9.94. The zero-order valence-electron chi connectivity index (χ0n) is 18.1. The average molecular weight is 388 g/mol. The fourth-order valence-electron chi connectivity index (χ4n) is 5.79. The van der Waals surface area contributed by atoms with Crippen LogP contribution in [0.5, 0.6) is 0 Å². The van der Waals surface area contributed by atoms with Crippen LogP contribution in [0.15, 0.2) is 30.3 Å². The second kappa shape index (κ2) is 8.54. The molecule has 28 heavy (non-hydrogen) atoms. The number of methoxy groups -OCH3 is 1. The lowest BCUT2D eigenvalue weighted by molar-refractivity contribution is -0.268. The third kappa shape index (κ3) is 3.61. The molecule has 1 aromatic rings. The molecule has 4 heteroatoms. The summed E-state index contributed by atoms with van der Waals surface area (Å²) in [5.74, 6) is 1.32. The topological polar surface area (TPSA) is 49.8 Å². The standard InChI is InChI=1S/C24H37NO3/c1-16(2)11-13-20-17(3)12-14-21-18(4)22(26)25(23(27)24(20,21)28-5)15-19-9-7-6-8-10-19/h6-10,16-18,20-21,23,27H,11-15H2,1-5H3/t17-,18?,20?,21?,23?,24-/m1/s1. The molecule has 1 N–H and O–H groups in total. The molecule has 0 radical (unpaired) electrons. The van der Waals surface area contributed by atoms with Gasteiger partial charge in [-0.1, -0.05) is 64.4 Å². The number of hydrogen-bond donors (Lipinski definition) is 1. The quantitative estimate of drug-likeness (QED) is 0.784. The molecule has 0 spiro atoms. The Bertz CT molecular complexity index is 661. The summed E-state index contributed by atoms with van der Waals surface area (Å²) < 4.78 is 6.25. The Kier molecular flexibility index (Phi) is 6.51. The van der Waals surface area contributed by atoms with Gasteiger partial charge in [-0.25, -0.2) is 0 Å². The number of piperidine rings is 1. The summed E-state index contributed by atoms with van der Waals surface area (Å²) in [5, 5.41) is 11.6. The maximum atomic E-state index is 13.2. The molecule has 4 unspecified atom stereocenters. The molecular weight excluding hydrogens is 350 g/mol. The van der Waals surface area contributed by atoms with Gasteiger partial charge in [-0.3, -0.25) is 4.79 Å². The molecular formula is C24H37NO3. The molecule has 4 nitrogen and oxygen atoms in total. The van der Waals surface area contributed by atoms with Crippen LogP contribution in [-0.2, 0) is 16.1 Å². The van der Waals surface area contributed by atoms with Gasteiger partial charge >= 0.3 is 0 Å². The van der Waals surface area contributed by atoms with Crippen molar-refractivity contribution >= 4 is 5.91 Å². The molecule has 156 valence electrons. The number of aliphatic hydroxyl groups is 1. The highest BCUT2D eigenvalue weighted by atomic mass is 16.5. The zero-order valence-corrected chi connectivity index (χ0v) is 18.1. The number of ether oxygens (including phenoxy) is 1. The largest absolute Gasteiger partial charge is 0.373 e. The number of aliphatic hydroxyl groups excluding tert-OH is 1. The van der Waals surface area contributed by atoms with Crippen molar-refractivity contribution in [1.29, 1.82) is 0 Å². The first kappa shape index (κ1) is 21.3. The second-order valence-corrected chi connectivity index (χ2v) is 9.41. The van der Waals surface area contributed by atoms with Crippen molar-refractivity contribution in [2.75, 3.05) is 7.11 Å². The highest BCUT2D eigenvalue weighted by molar-refractivity contribution is 5.80. The van der Waals surface area contributed by atoms with E-state index in [-0.39, 0.29) is 23.7 Å². The minimum atomic E-state index is -0.911. The Morgan fingerprint density at radius 1 is 1.21 bits per heavy atom. The number of carbonyl (C=O) groups excluding carboxylic acids is 1. The zero-order chi connectivity index (χ0) is 20.5. The number of rotatable bonds is 6. The lowest BCUT2D eigenvalue weighted by atomic mass is 9.56. The van der Waals surface area contributed by atoms with Crippen LogP contribution < -0.4 is 0 Å². The van der Waals surface area contributed by atoms with E-state index in [4.69, 9.17) is 4.74 Å². The molecule has 2 fully saturated rings. The van der Waals surface area contributed by atoms with Crippen LogP contribution in [0, 0.1) is 29.6 Å². The molecule has 1 saturated carbocycles. The first-order valence-corrected chi connectivity index (χ1v) is 10.9. The molecule has 1 heterocycles. The van der Waals surface area contributed by atoms with Crippen LogP contribution in [0.4, 0.5) is 0 Å². The van der Waals surface area contributed by atoms with Crippen molar-refractivity contribution < 1.29 is 14.6 Å². The van der Waals surface area contributed by atoms with Crippen LogP contribution in [0.1, 0.15) is 58.9 Å². The number of amides is 1. The summed E-state index contributed by atoms with van der Waals surface area (Å²) in [5.41, 5.74) is 0.351. The van der Waals surface area contributed by atoms with Crippen LogP contribution in [0.3, 0.4) is 0 Å². The highest BCUT2D eigenvalue weighted by Gasteiger charge is 2.62. The Labute approximate surface area is 170 Å². The van der Waals surface area contributed by atoms with Gasteiger partial charge in [0.2, 0.25) is 5.91 Å². The average Bonchev–Trinajstić information content (AvgIpc) is 2.69. The molecule has 2 aliphatic rings. The number of fused-ring (bicyclic) bond motifs is 1. The Morgan fingerprint density at radius 2 is 1.89 bits per heavy atom. The SMILES string of the molecule is CO[C@@]12C(CC[C@@H](C)C1CCC(C)C)C(C)C(=O)N(Cc1ccccc1)C2O. The highest BCUT2D eigenvalue weighted by Crippen LogP contribution is 2.54. The van der Waals surface area contributed by atoms with Crippen molar-refractivity contribution in [3.8, 4) is 0 Å². The van der Waals surface area contributed by atoms with Crippen molar-refractivity contribution in [3.05, 3.63) is 35.9 Å². The van der Waals surface area contributed by atoms with Gasteiger partial charge in [0.1, 0.15) is 5.60 Å². The molecule has 1 aliphatic heterocycles. The van der Waals surface area contributed by atoms with Crippen LogP contribution in [0.2, 0.25) is 0 Å². The third-order valence-electron chi connectivity index (χ3n) is 7.36. The van der Waals surface area contributed by atoms with Gasteiger partial charge in [-0.15, -0.1) is 0 Å². The molecule has 1 amide bonds. The minimum absolute atomic E-state index is 0.0474. The summed E-state index contributed by atoms with van der Waals surface area (Å²) >= 11 is 0. The second-order valence-electron chi connectivity index (χ2n) is 9.41. The van der Waals surface area contributed by atoms with E-state index in [0.29, 0.717) is 18.4 Å². The minimum Gasteiger partial charge on any atom is -0.373 e. The van der Waals surface area contributed by atoms with E-state index < -0.39 is 11.8 Å². The molecule has 0 aromatic heterocycles. The van der Waals surface area contributed by atoms with Crippen molar-refractivity contribution in [1.82, 2.24) is 4.90 Å². The van der Waals surface area contributed by atoms with E-state index in [1.165, 1.54) is 0 Å². The maximum absolute atomic E-state index is 13.2. The van der Waals surface area contributed by atoms with Crippen molar-refractivity contribution in [2.45, 2.75) is 71.8 Å². The summed E-state index contributed by atoms with van der Waals surface area (Å²) in [6.07, 6.45) is 3.27. The molecule has 1 aromatic carbocycles. The van der Waals surface area contributed by atoms with Gasteiger partial charge in [0.15, 0.2) is 6.23 Å². The van der Waals surface area contributed by atoms with Crippen molar-refractivity contribution in [3.63, 3.8) is 0 Å². The lowest BCUT2D eigenvalue weighted by Gasteiger charge is -2.60. The molecule has 3 rings (SSSR count). The molecule has 0 bridgehead atoms. The summed E-state index contributed by atoms with van der Waals surface area (Å²) in [6.45, 7) is 9.23. The van der Waals surface area contributed by atoms with Crippen LogP contribution in [0.25, 0.3) is 0 Å². The number of carbonyl (C=O) groups is 1. The summed E-state index contributed by atoms with van der Waals surface area (Å²) in [4.78, 5) is 14.9. The van der Waals surface area contributed by atoms with Gasteiger partial charge in [-0.05, 0) is 42.6 Å². The summed E-state index contributed by atoms with van der Waals surface area (Å²) in [7, 11) is 1.74. The van der Waals surface area contributed by atoms with E-state index in [2.05, 4.69) is 20.8 Å². The lowest BCUT2D eigenvalue weighted by Crippen LogP contribution is -2.71. The normalized spacial score (nSPS) is 35.9. The van der Waals surface area contributed by atoms with Crippen LogP contribution in [-0.4, -0.2) is 34.9 Å². The molecule has 1 aliphatic carbocycles. The Morgan fingerprint density at radius 3 is 2.50 bits per heavy atom. The fraction of sp³-hybridized carbons (Fsp3) is 0.708. The van der Waals surface area contributed by atoms with Gasteiger partial charge in [0.25, 0.3) is 0 Å². The van der Waals surface area contributed by atoms with E-state index in [1.807, 2.05) is 37.3 Å². The first-order valence-electron chi connectivity index (χ1n) is 10.9. The van der Waals surface area contributed by atoms with E-state index in [0.717, 1.165) is 31.2 Å². The fourth-order valence-corrected chi connectivity index (χ4v) is 5.79. The predicted molar refractivity (Wildman–Crippen MR) is 111 cm³/mol. The van der Waals surface area contributed by atoms with E-state index >= 15 is 0 Å². The Balaban J connectivity index is 1.98. The van der Waals surface area contributed by atoms with Crippen molar-refractivity contribution in [2.24, 2.45) is 29.6 Å². The van der Waals surface area contributed by atoms with Gasteiger partial charge < -0.3 is 14.7 Å². The van der Waals surface area contributed by atoms with E-state index in [1.54, 1.807) is 12.0 Å².